The Balaban J connectivity index is 1.92. The predicted octanol–water partition coefficient (Wildman–Crippen LogP) is 6.67. The number of unbranched alkanes of at least 4 members (excludes halogenated alkanes) is 2. The summed E-state index contributed by atoms with van der Waals surface area (Å²) in [6.45, 7) is 2.09. The van der Waals surface area contributed by atoms with Gasteiger partial charge in [-0.15, -0.1) is 0 Å². The van der Waals surface area contributed by atoms with E-state index in [0.717, 1.165) is 37.3 Å². The van der Waals surface area contributed by atoms with E-state index in [0.29, 0.717) is 6.07 Å². The molecule has 0 radical (unpaired) electrons. The molecule has 0 N–H and O–H groups in total. The van der Waals surface area contributed by atoms with Crippen LogP contribution in [0.15, 0.2) is 36.4 Å². The molecule has 3 aromatic carbocycles. The highest BCUT2D eigenvalue weighted by Gasteiger charge is 2.17. The smallest absolute Gasteiger partial charge is 0.195 e. The van der Waals surface area contributed by atoms with E-state index in [1.54, 1.807) is 12.1 Å². The molecule has 5 heteroatoms. The lowest BCUT2D eigenvalue weighted by atomic mass is 10.0. The number of halogens is 5. The van der Waals surface area contributed by atoms with Gasteiger partial charge < -0.3 is 0 Å². The maximum absolute atomic E-state index is 14.2. The first-order valence-electron chi connectivity index (χ1n) is 8.98. The van der Waals surface area contributed by atoms with Crippen LogP contribution in [0.4, 0.5) is 22.0 Å². The van der Waals surface area contributed by atoms with Crippen molar-refractivity contribution >= 4 is 10.8 Å². The van der Waals surface area contributed by atoms with Crippen molar-refractivity contribution in [3.05, 3.63) is 82.2 Å². The molecule has 0 saturated heterocycles. The number of fused-ring (bicyclic) bond motifs is 1. The first-order chi connectivity index (χ1) is 13.4. The quantitative estimate of drug-likeness (QED) is 0.203. The minimum absolute atomic E-state index is 0.0989. The maximum atomic E-state index is 14.2. The van der Waals surface area contributed by atoms with Crippen molar-refractivity contribution in [3.8, 4) is 11.8 Å². The third-order valence-electron chi connectivity index (χ3n) is 4.47. The van der Waals surface area contributed by atoms with E-state index in [1.807, 2.05) is 0 Å². The molecule has 0 unspecified atom stereocenters. The van der Waals surface area contributed by atoms with Gasteiger partial charge in [-0.2, -0.15) is 0 Å². The van der Waals surface area contributed by atoms with E-state index in [1.165, 1.54) is 12.1 Å². The van der Waals surface area contributed by atoms with Gasteiger partial charge in [-0.1, -0.05) is 37.7 Å². The summed E-state index contributed by atoms with van der Waals surface area (Å²) in [6, 6.07) is 7.61. The van der Waals surface area contributed by atoms with Crippen molar-refractivity contribution in [3.63, 3.8) is 0 Å². The predicted molar refractivity (Wildman–Crippen MR) is 99.4 cm³/mol. The van der Waals surface area contributed by atoms with E-state index in [4.69, 9.17) is 0 Å². The molecule has 0 aliphatic heterocycles. The lowest BCUT2D eigenvalue weighted by Gasteiger charge is -2.05. The Kier molecular flexibility index (Phi) is 5.99. The van der Waals surface area contributed by atoms with Gasteiger partial charge in [0.2, 0.25) is 0 Å². The summed E-state index contributed by atoms with van der Waals surface area (Å²) >= 11 is 0. The number of aryl methyl sites for hydroxylation is 1. The molecule has 0 saturated carbocycles. The Hall–Kier alpha value is -2.87. The van der Waals surface area contributed by atoms with Crippen LogP contribution in [0, 0.1) is 40.9 Å². The molecule has 0 aliphatic carbocycles. The number of rotatable bonds is 4. The molecule has 0 nitrogen and oxygen atoms in total. The Bertz CT molecular complexity index is 1090. The van der Waals surface area contributed by atoms with Crippen LogP contribution < -0.4 is 0 Å². The van der Waals surface area contributed by atoms with Crippen molar-refractivity contribution in [1.29, 1.82) is 0 Å². The molecule has 0 bridgehead atoms. The molecule has 3 rings (SSSR count). The third kappa shape index (κ3) is 4.17. The van der Waals surface area contributed by atoms with Gasteiger partial charge in [0.25, 0.3) is 0 Å². The molecule has 0 atom stereocenters. The topological polar surface area (TPSA) is 0 Å². The largest absolute Gasteiger partial charge is 0.206 e. The fourth-order valence-corrected chi connectivity index (χ4v) is 2.99. The second kappa shape index (κ2) is 8.43. The molecule has 0 fully saturated rings. The van der Waals surface area contributed by atoms with E-state index >= 15 is 0 Å². The minimum atomic E-state index is -1.73. The van der Waals surface area contributed by atoms with Crippen LogP contribution >= 0.6 is 0 Å². The van der Waals surface area contributed by atoms with Crippen LogP contribution in [0.3, 0.4) is 0 Å². The van der Waals surface area contributed by atoms with Crippen molar-refractivity contribution in [2.75, 3.05) is 0 Å². The molecular weight excluding hydrogens is 371 g/mol. The van der Waals surface area contributed by atoms with Gasteiger partial charge in [0, 0.05) is 5.56 Å². The summed E-state index contributed by atoms with van der Waals surface area (Å²) in [6.07, 6.45) is 3.91. The van der Waals surface area contributed by atoms with Crippen LogP contribution in [0.5, 0.6) is 0 Å². The zero-order chi connectivity index (χ0) is 20.3. The van der Waals surface area contributed by atoms with Gasteiger partial charge in [-0.05, 0) is 54.1 Å². The average molecular weight is 388 g/mol. The first kappa shape index (κ1) is 19.9. The summed E-state index contributed by atoms with van der Waals surface area (Å²) in [5.41, 5.74) is 1.11. The van der Waals surface area contributed by atoms with Gasteiger partial charge in [0.1, 0.15) is 11.6 Å². The van der Waals surface area contributed by atoms with Gasteiger partial charge in [-0.25, -0.2) is 22.0 Å². The van der Waals surface area contributed by atoms with Crippen LogP contribution in [0.25, 0.3) is 10.8 Å². The van der Waals surface area contributed by atoms with Gasteiger partial charge >= 0.3 is 0 Å². The van der Waals surface area contributed by atoms with Crippen molar-refractivity contribution in [1.82, 2.24) is 0 Å². The second-order valence-corrected chi connectivity index (χ2v) is 6.56. The number of hydrogen-bond donors (Lipinski definition) is 0. The Morgan fingerprint density at radius 2 is 1.54 bits per heavy atom. The fraction of sp³-hybridized carbons (Fsp3) is 0.217. The average Bonchev–Trinajstić information content (AvgIpc) is 2.65. The van der Waals surface area contributed by atoms with Crippen molar-refractivity contribution in [2.24, 2.45) is 0 Å². The highest BCUT2D eigenvalue weighted by atomic mass is 19.2. The molecule has 0 amide bonds. The van der Waals surface area contributed by atoms with Crippen molar-refractivity contribution in [2.45, 2.75) is 32.6 Å². The third-order valence-corrected chi connectivity index (χ3v) is 4.47. The molecule has 0 aliphatic rings. The van der Waals surface area contributed by atoms with E-state index in [-0.39, 0.29) is 16.5 Å². The zero-order valence-corrected chi connectivity index (χ0v) is 15.2. The molecular formula is C23H17F5. The summed E-state index contributed by atoms with van der Waals surface area (Å²) in [5, 5.41) is -0.806. The van der Waals surface area contributed by atoms with Gasteiger partial charge in [-0.3, -0.25) is 0 Å². The molecule has 3 aromatic rings. The first-order valence-corrected chi connectivity index (χ1v) is 8.98. The normalized spacial score (nSPS) is 10.8. The van der Waals surface area contributed by atoms with Gasteiger partial charge in [0.15, 0.2) is 17.5 Å². The van der Waals surface area contributed by atoms with Crippen LogP contribution in [-0.2, 0) is 6.42 Å². The highest BCUT2D eigenvalue weighted by molar-refractivity contribution is 5.85. The fourth-order valence-electron chi connectivity index (χ4n) is 2.99. The minimum Gasteiger partial charge on any atom is -0.206 e. The maximum Gasteiger partial charge on any atom is 0.195 e. The van der Waals surface area contributed by atoms with Gasteiger partial charge in [0.05, 0.1) is 10.9 Å². The highest BCUT2D eigenvalue weighted by Crippen LogP contribution is 2.26. The molecule has 144 valence electrons. The lowest BCUT2D eigenvalue weighted by molar-refractivity contribution is 0.451. The molecule has 0 aromatic heterocycles. The zero-order valence-electron chi connectivity index (χ0n) is 15.2. The van der Waals surface area contributed by atoms with Crippen molar-refractivity contribution < 1.29 is 22.0 Å². The molecule has 28 heavy (non-hydrogen) atoms. The summed E-state index contributed by atoms with van der Waals surface area (Å²) < 4.78 is 68.8. The van der Waals surface area contributed by atoms with Crippen LogP contribution in [0.2, 0.25) is 0 Å². The number of benzene rings is 3. The van der Waals surface area contributed by atoms with Crippen LogP contribution in [-0.4, -0.2) is 0 Å². The van der Waals surface area contributed by atoms with Crippen LogP contribution in [0.1, 0.15) is 42.9 Å². The number of hydrogen-bond acceptors (Lipinski definition) is 0. The summed E-state index contributed by atoms with van der Waals surface area (Å²) in [4.78, 5) is 0. The lowest BCUT2D eigenvalue weighted by Crippen LogP contribution is -1.95. The Morgan fingerprint density at radius 1 is 0.750 bits per heavy atom. The molecule has 0 heterocycles. The second-order valence-electron chi connectivity index (χ2n) is 6.56. The standard InChI is InChI=1S/C23H17F5/c1-2-3-4-5-14-6-8-16(18(24)11-14)9-7-15-10-17-13-20(26)22(27)23(28)21(17)19(25)12-15/h6,8,10-13H,2-5H2,1H3. The summed E-state index contributed by atoms with van der Waals surface area (Å²) in [7, 11) is 0. The Labute approximate surface area is 160 Å². The van der Waals surface area contributed by atoms with E-state index in [9.17, 15) is 22.0 Å². The van der Waals surface area contributed by atoms with E-state index < -0.39 is 34.5 Å². The monoisotopic (exact) mass is 388 g/mol. The SMILES string of the molecule is CCCCCc1ccc(C#Cc2cc(F)c3c(F)c(F)c(F)cc3c2)c(F)c1. The van der Waals surface area contributed by atoms with E-state index in [2.05, 4.69) is 18.8 Å². The molecule has 0 spiro atoms. The Morgan fingerprint density at radius 3 is 2.25 bits per heavy atom. The summed E-state index contributed by atoms with van der Waals surface area (Å²) in [5.74, 6) is -1.09.